The van der Waals surface area contributed by atoms with Crippen molar-refractivity contribution in [1.29, 1.82) is 0 Å². The van der Waals surface area contributed by atoms with Crippen LogP contribution in [-0.2, 0) is 14.3 Å². The van der Waals surface area contributed by atoms with Crippen LogP contribution in [0.4, 0.5) is 0 Å². The van der Waals surface area contributed by atoms with Gasteiger partial charge in [-0.15, -0.1) is 0 Å². The van der Waals surface area contributed by atoms with Crippen molar-refractivity contribution in [3.8, 4) is 0 Å². The molecule has 192 valence electrons. The molecule has 6 rings (SSSR count). The fraction of sp³-hybridized carbons (Fsp3) is 0.964. The van der Waals surface area contributed by atoms with Gasteiger partial charge in [0.15, 0.2) is 5.79 Å². The van der Waals surface area contributed by atoms with E-state index in [4.69, 9.17) is 9.47 Å². The van der Waals surface area contributed by atoms with Crippen molar-refractivity contribution in [2.24, 2.45) is 52.3 Å². The largest absolute Gasteiger partial charge is 0.481 e. The van der Waals surface area contributed by atoms with Crippen LogP contribution in [0.15, 0.2) is 0 Å². The molecule has 6 heteroatoms. The highest BCUT2D eigenvalue weighted by atomic mass is 16.7. The van der Waals surface area contributed by atoms with Crippen LogP contribution in [0, 0.1) is 52.3 Å². The highest BCUT2D eigenvalue weighted by Gasteiger charge is 2.77. The van der Waals surface area contributed by atoms with Crippen LogP contribution < -0.4 is 0 Å². The Hall–Kier alpha value is -0.690. The molecule has 13 atom stereocenters. The number of carbonyl (C=O) groups is 1. The summed E-state index contributed by atoms with van der Waals surface area (Å²) < 4.78 is 13.3. The van der Waals surface area contributed by atoms with Gasteiger partial charge in [0.05, 0.1) is 23.7 Å². The van der Waals surface area contributed by atoms with Gasteiger partial charge in [-0.1, -0.05) is 20.8 Å². The standard InChI is InChI=1S/C28H44O6/c1-14-11-28(34-24(14,2)3)27(6,32)22-20(33-28)10-18-17-8-7-16-9-15(23(30)31)12-25(16,4)21(17)19(29)13-26(18,22)5/h14-22,29,32H,7-13H2,1-6H3,(H,30,31)/t14-,15?,16?,17-,18?,19-,20-,21?,22?,25-,26-,27+,28?/m0/s1. The number of aliphatic hydroxyl groups excluding tert-OH is 1. The highest BCUT2D eigenvalue weighted by molar-refractivity contribution is 5.70. The lowest BCUT2D eigenvalue weighted by Crippen LogP contribution is -2.61. The Labute approximate surface area is 203 Å². The summed E-state index contributed by atoms with van der Waals surface area (Å²) in [5, 5.41) is 33.6. The molecule has 0 aromatic carbocycles. The van der Waals surface area contributed by atoms with Crippen LogP contribution in [-0.4, -0.2) is 50.5 Å². The van der Waals surface area contributed by atoms with Crippen molar-refractivity contribution in [3.63, 3.8) is 0 Å². The van der Waals surface area contributed by atoms with Gasteiger partial charge >= 0.3 is 5.97 Å². The maximum Gasteiger partial charge on any atom is 0.306 e. The summed E-state index contributed by atoms with van der Waals surface area (Å²) in [7, 11) is 0. The van der Waals surface area contributed by atoms with Gasteiger partial charge in [0, 0.05) is 12.3 Å². The van der Waals surface area contributed by atoms with Gasteiger partial charge in [-0.05, 0) is 99.7 Å². The molecule has 6 aliphatic rings. The summed E-state index contributed by atoms with van der Waals surface area (Å²) in [5.74, 6) is -0.514. The molecule has 2 heterocycles. The summed E-state index contributed by atoms with van der Waals surface area (Å²) in [4.78, 5) is 11.8. The number of aliphatic hydroxyl groups is 2. The van der Waals surface area contributed by atoms with Crippen LogP contribution in [0.5, 0.6) is 0 Å². The molecule has 0 bridgehead atoms. The SMILES string of the molecule is C[C@H]1CC2(O[C@H]3CC4[C@@H]5CCC6CC(C(=O)O)C[C@]6(C)C5[C@@H](O)C[C@]4(C)C3[C@@]2(C)O)OC1(C)C. The third kappa shape index (κ3) is 2.70. The molecule has 6 unspecified atom stereocenters. The van der Waals surface area contributed by atoms with E-state index in [0.29, 0.717) is 37.0 Å². The normalized spacial score (nSPS) is 61.7. The predicted octanol–water partition coefficient (Wildman–Crippen LogP) is 4.22. The first-order valence-corrected chi connectivity index (χ1v) is 13.7. The van der Waals surface area contributed by atoms with E-state index >= 15 is 0 Å². The van der Waals surface area contributed by atoms with E-state index in [1.54, 1.807) is 0 Å². The predicted molar refractivity (Wildman–Crippen MR) is 126 cm³/mol. The minimum Gasteiger partial charge on any atom is -0.481 e. The first-order valence-electron chi connectivity index (χ1n) is 13.7. The van der Waals surface area contributed by atoms with E-state index in [2.05, 4.69) is 34.6 Å². The van der Waals surface area contributed by atoms with Crippen molar-refractivity contribution >= 4 is 5.97 Å². The lowest BCUT2D eigenvalue weighted by Gasteiger charge is -2.60. The molecule has 6 nitrogen and oxygen atoms in total. The first kappa shape index (κ1) is 23.7. The van der Waals surface area contributed by atoms with Crippen LogP contribution in [0.3, 0.4) is 0 Å². The van der Waals surface area contributed by atoms with Gasteiger partial charge in [-0.2, -0.15) is 0 Å². The molecule has 1 spiro atoms. The van der Waals surface area contributed by atoms with Crippen LogP contribution in [0.1, 0.15) is 86.5 Å². The molecule has 2 aliphatic heterocycles. The molecule has 3 N–H and O–H groups in total. The second-order valence-electron chi connectivity index (χ2n) is 14.4. The van der Waals surface area contributed by atoms with Gasteiger partial charge in [0.25, 0.3) is 0 Å². The number of hydrogen-bond acceptors (Lipinski definition) is 5. The fourth-order valence-electron chi connectivity index (χ4n) is 10.8. The van der Waals surface area contributed by atoms with Crippen molar-refractivity contribution in [2.75, 3.05) is 0 Å². The zero-order chi connectivity index (χ0) is 24.6. The number of carboxylic acid groups (broad SMARTS) is 1. The number of rotatable bonds is 1. The Bertz CT molecular complexity index is 899. The average Bonchev–Trinajstić information content (AvgIpc) is 3.33. The average molecular weight is 477 g/mol. The quantitative estimate of drug-likeness (QED) is 0.524. The second-order valence-corrected chi connectivity index (χ2v) is 14.4. The van der Waals surface area contributed by atoms with E-state index in [9.17, 15) is 20.1 Å². The molecule has 0 amide bonds. The van der Waals surface area contributed by atoms with Crippen LogP contribution >= 0.6 is 0 Å². The Morgan fingerprint density at radius 2 is 1.68 bits per heavy atom. The Morgan fingerprint density at radius 1 is 0.971 bits per heavy atom. The van der Waals surface area contributed by atoms with Crippen molar-refractivity contribution in [2.45, 2.75) is 116 Å². The minimum absolute atomic E-state index is 0.0714. The number of fused-ring (bicyclic) bond motifs is 7. The first-order chi connectivity index (χ1) is 15.7. The Kier molecular flexibility index (Phi) is 4.73. The lowest BCUT2D eigenvalue weighted by atomic mass is 9.46. The zero-order valence-electron chi connectivity index (χ0n) is 21.7. The topological polar surface area (TPSA) is 96.2 Å². The minimum atomic E-state index is -1.13. The molecule has 6 fully saturated rings. The lowest BCUT2D eigenvalue weighted by molar-refractivity contribution is -0.300. The van der Waals surface area contributed by atoms with E-state index in [1.165, 1.54) is 0 Å². The van der Waals surface area contributed by atoms with Gasteiger partial charge in [-0.3, -0.25) is 4.79 Å². The monoisotopic (exact) mass is 476 g/mol. The summed E-state index contributed by atoms with van der Waals surface area (Å²) >= 11 is 0. The molecule has 0 radical (unpaired) electrons. The number of hydrogen-bond donors (Lipinski definition) is 3. The van der Waals surface area contributed by atoms with E-state index in [-0.39, 0.29) is 46.2 Å². The molecule has 2 saturated heterocycles. The van der Waals surface area contributed by atoms with E-state index < -0.39 is 23.5 Å². The molecule has 4 saturated carbocycles. The smallest absolute Gasteiger partial charge is 0.306 e. The Morgan fingerprint density at radius 3 is 2.29 bits per heavy atom. The highest BCUT2D eigenvalue weighted by Crippen LogP contribution is 2.73. The summed E-state index contributed by atoms with van der Waals surface area (Å²) in [6, 6.07) is 0. The fourth-order valence-corrected chi connectivity index (χ4v) is 10.8. The van der Waals surface area contributed by atoms with Crippen molar-refractivity contribution < 1.29 is 29.6 Å². The second kappa shape index (κ2) is 6.79. The summed E-state index contributed by atoms with van der Waals surface area (Å²) in [5.41, 5.74) is -1.83. The number of ether oxygens (including phenoxy) is 2. The Balaban J connectivity index is 1.33. The van der Waals surface area contributed by atoms with E-state index in [1.807, 2.05) is 6.92 Å². The summed E-state index contributed by atoms with van der Waals surface area (Å²) in [6.07, 6.45) is 5.21. The van der Waals surface area contributed by atoms with E-state index in [0.717, 1.165) is 25.7 Å². The third-order valence-corrected chi connectivity index (χ3v) is 12.5. The van der Waals surface area contributed by atoms with Crippen molar-refractivity contribution in [1.82, 2.24) is 0 Å². The molecule has 0 aromatic heterocycles. The maximum absolute atomic E-state index is 12.2. The van der Waals surface area contributed by atoms with Gasteiger partial charge in [-0.25, -0.2) is 0 Å². The summed E-state index contributed by atoms with van der Waals surface area (Å²) in [6.45, 7) is 12.8. The number of aliphatic carboxylic acids is 1. The third-order valence-electron chi connectivity index (χ3n) is 12.5. The van der Waals surface area contributed by atoms with Gasteiger partial charge < -0.3 is 24.8 Å². The molecule has 0 aromatic rings. The van der Waals surface area contributed by atoms with Gasteiger partial charge in [0.2, 0.25) is 0 Å². The van der Waals surface area contributed by atoms with Gasteiger partial charge in [0.1, 0.15) is 5.60 Å². The van der Waals surface area contributed by atoms with Crippen molar-refractivity contribution in [3.05, 3.63) is 0 Å². The maximum atomic E-state index is 12.2. The molecular weight excluding hydrogens is 432 g/mol. The van der Waals surface area contributed by atoms with Crippen LogP contribution in [0.25, 0.3) is 0 Å². The molecule has 4 aliphatic carbocycles. The molecule has 34 heavy (non-hydrogen) atoms. The molecular formula is C28H44O6. The zero-order valence-corrected chi connectivity index (χ0v) is 21.7. The number of carboxylic acids is 1. The van der Waals surface area contributed by atoms with Crippen LogP contribution in [0.2, 0.25) is 0 Å².